The van der Waals surface area contributed by atoms with E-state index in [1.54, 1.807) is 0 Å². The lowest BCUT2D eigenvalue weighted by atomic mass is 9.81. The number of epoxide rings is 1. The lowest BCUT2D eigenvalue weighted by Crippen LogP contribution is -2.43. The van der Waals surface area contributed by atoms with E-state index in [0.717, 1.165) is 0 Å². The Hall–Kier alpha value is -1.45. The summed E-state index contributed by atoms with van der Waals surface area (Å²) >= 11 is 0. The van der Waals surface area contributed by atoms with Crippen molar-refractivity contribution in [3.05, 3.63) is 0 Å². The van der Waals surface area contributed by atoms with Gasteiger partial charge in [-0.1, -0.05) is 6.92 Å². The highest BCUT2D eigenvalue weighted by Gasteiger charge is 2.62. The molecule has 1 fully saturated rings. The Kier molecular flexibility index (Phi) is 6.18. The molecule has 10 heteroatoms. The fraction of sp³-hybridized carbons (Fsp3) is 0.857. The molecule has 2 atom stereocenters. The number of alkyl halides is 5. The molecular formula is C14H19F5O5. The third-order valence-electron chi connectivity index (χ3n) is 3.50. The zero-order valence-corrected chi connectivity index (χ0v) is 13.4. The molecule has 1 saturated heterocycles. The number of halogens is 5. The summed E-state index contributed by atoms with van der Waals surface area (Å²) in [7, 11) is 0. The molecule has 1 heterocycles. The normalized spacial score (nSPS) is 19.6. The van der Waals surface area contributed by atoms with E-state index in [1.165, 1.54) is 20.8 Å². The topological polar surface area (TPSA) is 65.1 Å². The minimum atomic E-state index is -6.00. The lowest BCUT2D eigenvalue weighted by molar-refractivity contribution is -0.377. The van der Waals surface area contributed by atoms with Gasteiger partial charge in [0.25, 0.3) is 0 Å². The summed E-state index contributed by atoms with van der Waals surface area (Å²) < 4.78 is 75.1. The van der Waals surface area contributed by atoms with E-state index in [4.69, 9.17) is 9.47 Å². The predicted molar refractivity (Wildman–Crippen MR) is 70.0 cm³/mol. The Morgan fingerprint density at radius 2 is 1.75 bits per heavy atom. The largest absolute Gasteiger partial charge is 0.501 e. The van der Waals surface area contributed by atoms with Crippen LogP contribution < -0.4 is 0 Å². The fourth-order valence-electron chi connectivity index (χ4n) is 1.89. The van der Waals surface area contributed by atoms with Crippen molar-refractivity contribution < 1.29 is 45.8 Å². The third-order valence-corrected chi connectivity index (χ3v) is 3.50. The van der Waals surface area contributed by atoms with Crippen LogP contribution >= 0.6 is 0 Å². The molecule has 0 bridgehead atoms. The number of hydrogen-bond acceptors (Lipinski definition) is 5. The minimum absolute atomic E-state index is 0.0235. The average molecular weight is 362 g/mol. The van der Waals surface area contributed by atoms with E-state index in [0.29, 0.717) is 6.61 Å². The first-order chi connectivity index (χ1) is 10.8. The fourth-order valence-corrected chi connectivity index (χ4v) is 1.89. The van der Waals surface area contributed by atoms with Gasteiger partial charge in [0.2, 0.25) is 0 Å². The molecule has 0 radical (unpaired) electrons. The molecule has 1 rings (SSSR count). The monoisotopic (exact) mass is 362 g/mol. The summed E-state index contributed by atoms with van der Waals surface area (Å²) in [6.45, 7) is 4.71. The first-order valence-electron chi connectivity index (χ1n) is 7.26. The van der Waals surface area contributed by atoms with Gasteiger partial charge in [0.1, 0.15) is 12.7 Å². The van der Waals surface area contributed by atoms with Gasteiger partial charge < -0.3 is 14.2 Å². The van der Waals surface area contributed by atoms with Gasteiger partial charge in [-0.15, -0.1) is 0 Å². The van der Waals surface area contributed by atoms with Crippen molar-refractivity contribution in [1.82, 2.24) is 0 Å². The minimum Gasteiger partial charge on any atom is -0.462 e. The zero-order chi connectivity index (χ0) is 18.8. The van der Waals surface area contributed by atoms with Crippen LogP contribution in [0.25, 0.3) is 0 Å². The summed E-state index contributed by atoms with van der Waals surface area (Å²) in [6.07, 6.45) is -12.1. The van der Waals surface area contributed by atoms with Gasteiger partial charge in [0.05, 0.1) is 17.9 Å². The summed E-state index contributed by atoms with van der Waals surface area (Å²) in [5, 5.41) is 0. The molecule has 0 N–H and O–H groups in total. The van der Waals surface area contributed by atoms with Gasteiger partial charge in [-0.05, 0) is 26.7 Å². The zero-order valence-electron chi connectivity index (χ0n) is 13.4. The van der Waals surface area contributed by atoms with Gasteiger partial charge in [-0.3, -0.25) is 9.59 Å². The van der Waals surface area contributed by atoms with Crippen molar-refractivity contribution in [2.24, 2.45) is 11.3 Å². The number of rotatable bonds is 8. The molecule has 24 heavy (non-hydrogen) atoms. The van der Waals surface area contributed by atoms with Crippen LogP contribution in [0.5, 0.6) is 0 Å². The highest BCUT2D eigenvalue weighted by atomic mass is 19.4. The molecule has 0 aromatic carbocycles. The second-order valence-electron chi connectivity index (χ2n) is 6.18. The van der Waals surface area contributed by atoms with E-state index in [1.807, 2.05) is 0 Å². The van der Waals surface area contributed by atoms with Crippen LogP contribution in [0.2, 0.25) is 0 Å². The lowest BCUT2D eigenvalue weighted by Gasteiger charge is -2.27. The van der Waals surface area contributed by atoms with Crippen LogP contribution in [0, 0.1) is 11.3 Å². The number of ether oxygens (including phenoxy) is 3. The van der Waals surface area contributed by atoms with Crippen LogP contribution in [0.15, 0.2) is 0 Å². The van der Waals surface area contributed by atoms with Gasteiger partial charge in [-0.25, -0.2) is 0 Å². The predicted octanol–water partition coefficient (Wildman–Crippen LogP) is 3.07. The van der Waals surface area contributed by atoms with E-state index < -0.39 is 35.6 Å². The maximum absolute atomic E-state index is 12.8. The molecular weight excluding hydrogens is 343 g/mol. The van der Waals surface area contributed by atoms with Crippen molar-refractivity contribution >= 4 is 11.9 Å². The smallest absolute Gasteiger partial charge is 0.462 e. The average Bonchev–Trinajstić information content (AvgIpc) is 3.24. The van der Waals surface area contributed by atoms with Gasteiger partial charge in [0, 0.05) is 0 Å². The molecule has 0 saturated carbocycles. The van der Waals surface area contributed by atoms with Crippen LogP contribution in [0.1, 0.15) is 33.6 Å². The molecule has 2 unspecified atom stereocenters. The van der Waals surface area contributed by atoms with Crippen LogP contribution in [-0.2, 0) is 23.8 Å². The molecule has 0 aliphatic carbocycles. The van der Waals surface area contributed by atoms with Crippen molar-refractivity contribution in [3.8, 4) is 0 Å². The van der Waals surface area contributed by atoms with E-state index in [-0.39, 0.29) is 25.6 Å². The van der Waals surface area contributed by atoms with Crippen molar-refractivity contribution in [2.75, 3.05) is 13.2 Å². The van der Waals surface area contributed by atoms with Gasteiger partial charge in [0.15, 0.2) is 0 Å². The molecule has 0 spiro atoms. The van der Waals surface area contributed by atoms with E-state index >= 15 is 0 Å². The molecule has 0 amide bonds. The summed E-state index contributed by atoms with van der Waals surface area (Å²) in [6, 6.07) is 0. The van der Waals surface area contributed by atoms with Crippen LogP contribution in [0.3, 0.4) is 0 Å². The highest BCUT2D eigenvalue weighted by molar-refractivity contribution is 5.78. The molecule has 1 aliphatic heterocycles. The maximum atomic E-state index is 12.8. The quantitative estimate of drug-likeness (QED) is 0.377. The number of esters is 2. The molecule has 5 nitrogen and oxygen atoms in total. The summed E-state index contributed by atoms with van der Waals surface area (Å²) in [4.78, 5) is 23.6. The number of carbonyl (C=O) groups is 2. The Morgan fingerprint density at radius 1 is 1.21 bits per heavy atom. The first kappa shape index (κ1) is 20.6. The Labute approximate surface area is 135 Å². The van der Waals surface area contributed by atoms with Crippen molar-refractivity contribution in [2.45, 2.75) is 52.0 Å². The van der Waals surface area contributed by atoms with E-state index in [9.17, 15) is 31.5 Å². The van der Waals surface area contributed by atoms with E-state index in [2.05, 4.69) is 4.74 Å². The SMILES string of the molecule is CCC(CC(C)(C)C(=O)OCC1CO1)C(=O)OC(F)(F)C(F)(F)F. The summed E-state index contributed by atoms with van der Waals surface area (Å²) in [5.41, 5.74) is -1.26. The van der Waals surface area contributed by atoms with Crippen molar-refractivity contribution in [1.29, 1.82) is 0 Å². The van der Waals surface area contributed by atoms with Crippen molar-refractivity contribution in [3.63, 3.8) is 0 Å². The molecule has 1 aliphatic rings. The first-order valence-corrected chi connectivity index (χ1v) is 7.26. The number of hydrogen-bond donors (Lipinski definition) is 0. The van der Waals surface area contributed by atoms with Crippen LogP contribution in [0.4, 0.5) is 22.0 Å². The Balaban J connectivity index is 2.66. The Bertz CT molecular complexity index is 471. The molecule has 140 valence electrons. The number of carbonyl (C=O) groups excluding carboxylic acids is 2. The maximum Gasteiger partial charge on any atom is 0.501 e. The second-order valence-corrected chi connectivity index (χ2v) is 6.18. The molecule has 0 aromatic heterocycles. The summed E-state index contributed by atoms with van der Waals surface area (Å²) in [5.74, 6) is -3.73. The van der Waals surface area contributed by atoms with Gasteiger partial charge in [-0.2, -0.15) is 22.0 Å². The second kappa shape index (κ2) is 7.20. The standard InChI is InChI=1S/C14H19F5O5/c1-4-8(10(20)24-14(18,19)13(15,16)17)5-12(2,3)11(21)23-7-9-6-22-9/h8-9H,4-7H2,1-3H3. The van der Waals surface area contributed by atoms with Crippen LogP contribution in [-0.4, -0.2) is 43.5 Å². The highest BCUT2D eigenvalue weighted by Crippen LogP contribution is 2.38. The Morgan fingerprint density at radius 3 is 2.17 bits per heavy atom. The third kappa shape index (κ3) is 5.57. The molecule has 0 aromatic rings. The van der Waals surface area contributed by atoms with Gasteiger partial charge >= 0.3 is 24.2 Å².